The molecule has 4 rings (SSSR count). The third-order valence-electron chi connectivity index (χ3n) is 6.13. The van der Waals surface area contributed by atoms with Crippen molar-refractivity contribution in [1.82, 2.24) is 9.55 Å². The van der Waals surface area contributed by atoms with Crippen LogP contribution in [0.1, 0.15) is 47.8 Å². The number of ketones is 1. The number of aromatic nitrogens is 2. The summed E-state index contributed by atoms with van der Waals surface area (Å²) in [5.74, 6) is -0.313. The Labute approximate surface area is 198 Å². The van der Waals surface area contributed by atoms with Gasteiger partial charge in [-0.3, -0.25) is 19.0 Å². The van der Waals surface area contributed by atoms with E-state index in [9.17, 15) is 14.4 Å². The molecule has 1 aromatic heterocycles. The zero-order valence-corrected chi connectivity index (χ0v) is 19.8. The fourth-order valence-corrected chi connectivity index (χ4v) is 4.00. The van der Waals surface area contributed by atoms with Crippen LogP contribution in [0.5, 0.6) is 0 Å². The summed E-state index contributed by atoms with van der Waals surface area (Å²) in [6, 6.07) is 19.2. The Morgan fingerprint density at radius 2 is 1.68 bits per heavy atom. The number of carbonyl (C=O) groups is 2. The monoisotopic (exact) mass is 453 g/mol. The van der Waals surface area contributed by atoms with Crippen molar-refractivity contribution < 1.29 is 9.59 Å². The molecule has 0 aliphatic heterocycles. The number of benzene rings is 3. The Hall–Kier alpha value is -4.06. The molecule has 34 heavy (non-hydrogen) atoms. The summed E-state index contributed by atoms with van der Waals surface area (Å²) < 4.78 is 1.51. The molecule has 1 N–H and O–H groups in total. The van der Waals surface area contributed by atoms with Crippen LogP contribution < -0.4 is 10.9 Å². The largest absolute Gasteiger partial charge is 0.325 e. The van der Waals surface area contributed by atoms with Gasteiger partial charge in [0.05, 0.1) is 22.8 Å². The van der Waals surface area contributed by atoms with Gasteiger partial charge < -0.3 is 5.32 Å². The maximum Gasteiger partial charge on any atom is 0.278 e. The maximum absolute atomic E-state index is 13.8. The second kappa shape index (κ2) is 9.43. The van der Waals surface area contributed by atoms with Crippen LogP contribution in [0.4, 0.5) is 5.69 Å². The average molecular weight is 454 g/mol. The van der Waals surface area contributed by atoms with Crippen LogP contribution in [0.25, 0.3) is 22.3 Å². The molecule has 0 radical (unpaired) electrons. The zero-order valence-electron chi connectivity index (χ0n) is 19.8. The molecule has 1 atom stereocenters. The van der Waals surface area contributed by atoms with Crippen LogP contribution in [0.2, 0.25) is 0 Å². The number of para-hydroxylation sites is 3. The molecule has 4 aromatic rings. The predicted octanol–water partition coefficient (Wildman–Crippen LogP) is 5.47. The van der Waals surface area contributed by atoms with Crippen LogP contribution in [-0.2, 0) is 4.79 Å². The minimum atomic E-state index is -0.751. The number of fused-ring (bicyclic) bond motifs is 1. The van der Waals surface area contributed by atoms with Gasteiger partial charge in [-0.1, -0.05) is 49.4 Å². The molecule has 3 aromatic carbocycles. The number of aryl methyl sites for hydroxylation is 2. The molecule has 6 heteroatoms. The molecule has 0 saturated heterocycles. The quantitative estimate of drug-likeness (QED) is 0.392. The number of carbonyl (C=O) groups excluding carboxylic acids is 2. The highest BCUT2D eigenvalue weighted by Gasteiger charge is 2.24. The fourth-order valence-electron chi connectivity index (χ4n) is 4.00. The van der Waals surface area contributed by atoms with Gasteiger partial charge in [0.2, 0.25) is 5.91 Å². The van der Waals surface area contributed by atoms with Gasteiger partial charge in [0.1, 0.15) is 5.69 Å². The summed E-state index contributed by atoms with van der Waals surface area (Å²) in [6.07, 6.45) is 0.311. The molecule has 172 valence electrons. The number of nitrogens with one attached hydrogen (secondary N) is 1. The van der Waals surface area contributed by atoms with E-state index in [4.69, 9.17) is 0 Å². The molecule has 6 nitrogen and oxygen atoms in total. The van der Waals surface area contributed by atoms with E-state index in [0.717, 1.165) is 11.1 Å². The van der Waals surface area contributed by atoms with Gasteiger partial charge in [-0.2, -0.15) is 0 Å². The van der Waals surface area contributed by atoms with Crippen molar-refractivity contribution in [1.29, 1.82) is 0 Å². The van der Waals surface area contributed by atoms with Gasteiger partial charge in [0.25, 0.3) is 5.56 Å². The maximum atomic E-state index is 13.8. The lowest BCUT2D eigenvalue weighted by atomic mass is 9.99. The van der Waals surface area contributed by atoms with E-state index in [1.54, 1.807) is 50.2 Å². The summed E-state index contributed by atoms with van der Waals surface area (Å²) >= 11 is 0. The first kappa shape index (κ1) is 23.1. The van der Waals surface area contributed by atoms with E-state index in [0.29, 0.717) is 34.3 Å². The van der Waals surface area contributed by atoms with Gasteiger partial charge in [-0.25, -0.2) is 4.98 Å². The topological polar surface area (TPSA) is 81.1 Å². The Bertz CT molecular complexity index is 1470. The summed E-state index contributed by atoms with van der Waals surface area (Å²) in [4.78, 5) is 44.0. The van der Waals surface area contributed by atoms with Crippen LogP contribution in [-0.4, -0.2) is 21.2 Å². The van der Waals surface area contributed by atoms with E-state index >= 15 is 0 Å². The smallest absolute Gasteiger partial charge is 0.278 e. The predicted molar refractivity (Wildman–Crippen MR) is 135 cm³/mol. The molecule has 0 aliphatic rings. The number of nitrogens with zero attached hydrogens (tertiary/aromatic N) is 2. The lowest BCUT2D eigenvalue weighted by Gasteiger charge is -2.19. The van der Waals surface area contributed by atoms with E-state index in [-0.39, 0.29) is 22.9 Å². The van der Waals surface area contributed by atoms with E-state index < -0.39 is 6.04 Å². The minimum Gasteiger partial charge on any atom is -0.325 e. The molecule has 0 unspecified atom stereocenters. The third-order valence-corrected chi connectivity index (χ3v) is 6.13. The molecular formula is C28H27N3O3. The van der Waals surface area contributed by atoms with Gasteiger partial charge in [-0.15, -0.1) is 0 Å². The molecule has 1 amide bonds. The van der Waals surface area contributed by atoms with Crippen LogP contribution in [0.15, 0.2) is 71.5 Å². The van der Waals surface area contributed by atoms with E-state index in [2.05, 4.69) is 10.3 Å². The lowest BCUT2D eigenvalue weighted by Crippen LogP contribution is -2.30. The van der Waals surface area contributed by atoms with Crippen molar-refractivity contribution in [3.63, 3.8) is 0 Å². The van der Waals surface area contributed by atoms with Crippen LogP contribution in [0, 0.1) is 13.8 Å². The van der Waals surface area contributed by atoms with Crippen molar-refractivity contribution in [2.45, 2.75) is 40.2 Å². The summed E-state index contributed by atoms with van der Waals surface area (Å²) in [5.41, 5.74) is 4.67. The van der Waals surface area contributed by atoms with Crippen LogP contribution in [0.3, 0.4) is 0 Å². The highest BCUT2D eigenvalue weighted by molar-refractivity contribution is 6.00. The van der Waals surface area contributed by atoms with Gasteiger partial charge >= 0.3 is 0 Å². The third kappa shape index (κ3) is 4.27. The first-order valence-corrected chi connectivity index (χ1v) is 11.3. The average Bonchev–Trinajstić information content (AvgIpc) is 2.85. The van der Waals surface area contributed by atoms with Crippen molar-refractivity contribution >= 4 is 28.4 Å². The van der Waals surface area contributed by atoms with Crippen molar-refractivity contribution in [3.8, 4) is 11.3 Å². The number of Topliss-reactive ketones (excluding diaryl/α,β-unsaturated/α-hetero) is 1. The van der Waals surface area contributed by atoms with Gasteiger partial charge in [0, 0.05) is 17.5 Å². The Balaban J connectivity index is 1.92. The highest BCUT2D eigenvalue weighted by atomic mass is 16.2. The fraction of sp³-hybridized carbons (Fsp3) is 0.214. The molecule has 0 bridgehead atoms. The van der Waals surface area contributed by atoms with E-state index in [1.165, 1.54) is 4.57 Å². The Morgan fingerprint density at radius 3 is 2.41 bits per heavy atom. The van der Waals surface area contributed by atoms with Gasteiger partial charge in [0.15, 0.2) is 5.78 Å². The summed E-state index contributed by atoms with van der Waals surface area (Å²) in [7, 11) is 0. The molecule has 0 fully saturated rings. The van der Waals surface area contributed by atoms with Crippen LogP contribution >= 0.6 is 0 Å². The first-order chi connectivity index (χ1) is 16.3. The van der Waals surface area contributed by atoms with Gasteiger partial charge in [-0.05, 0) is 56.2 Å². The molecule has 0 saturated carbocycles. The molecular weight excluding hydrogens is 426 g/mol. The highest BCUT2D eigenvalue weighted by Crippen LogP contribution is 2.27. The second-order valence-electron chi connectivity index (χ2n) is 8.41. The van der Waals surface area contributed by atoms with Crippen molar-refractivity contribution in [2.24, 2.45) is 0 Å². The molecule has 1 heterocycles. The summed E-state index contributed by atoms with van der Waals surface area (Å²) in [5, 5.41) is 2.85. The van der Waals surface area contributed by atoms with Crippen molar-refractivity contribution in [3.05, 3.63) is 93.8 Å². The van der Waals surface area contributed by atoms with Crippen molar-refractivity contribution in [2.75, 3.05) is 5.32 Å². The standard InChI is InChI=1S/C28H27N3O3/c1-5-25(32)29-22-11-7-6-10-21(22)26-28(34)31(24-13-9-8-12-23(24)30-26)19(4)27(33)20-15-14-17(2)18(3)16-20/h6-16,19H,5H2,1-4H3,(H,29,32)/t19-/m0/s1. The Kier molecular flexibility index (Phi) is 6.41. The first-order valence-electron chi connectivity index (χ1n) is 11.3. The zero-order chi connectivity index (χ0) is 24.4. The van der Waals surface area contributed by atoms with E-state index in [1.807, 2.05) is 44.2 Å². The number of rotatable bonds is 6. The normalized spacial score (nSPS) is 11.9. The summed E-state index contributed by atoms with van der Waals surface area (Å²) in [6.45, 7) is 7.46. The Morgan fingerprint density at radius 1 is 0.971 bits per heavy atom. The minimum absolute atomic E-state index is 0.153. The molecule has 0 spiro atoms. The number of hydrogen-bond acceptors (Lipinski definition) is 4. The number of amides is 1. The second-order valence-corrected chi connectivity index (χ2v) is 8.41. The number of hydrogen-bond donors (Lipinski definition) is 1. The lowest BCUT2D eigenvalue weighted by molar-refractivity contribution is -0.115. The number of anilines is 1. The molecule has 0 aliphatic carbocycles. The SMILES string of the molecule is CCC(=O)Nc1ccccc1-c1nc2ccccc2n([C@@H](C)C(=O)c2ccc(C)c(C)c2)c1=O.